The van der Waals surface area contributed by atoms with Crippen molar-refractivity contribution in [3.8, 4) is 0 Å². The van der Waals surface area contributed by atoms with Crippen LogP contribution in [0.5, 0.6) is 0 Å². The molecule has 47 valence electrons. The molecule has 1 rings (SSSR count). The fraction of sp³-hybridized carbons (Fsp3) is 0.286. The van der Waals surface area contributed by atoms with Crippen molar-refractivity contribution in [2.45, 2.75) is 6.42 Å². The monoisotopic (exact) mass is 123 g/mol. The molecule has 1 aliphatic rings. The van der Waals surface area contributed by atoms with Crippen molar-refractivity contribution in [2.75, 3.05) is 6.61 Å². The van der Waals surface area contributed by atoms with Crippen LogP contribution < -0.4 is 4.99 Å². The van der Waals surface area contributed by atoms with Crippen molar-refractivity contribution >= 4 is 6.21 Å². The predicted octanol–water partition coefficient (Wildman–Crippen LogP) is 0.229. The first-order valence-corrected chi connectivity index (χ1v) is 2.93. The van der Waals surface area contributed by atoms with E-state index in [4.69, 9.17) is 5.11 Å². The van der Waals surface area contributed by atoms with E-state index >= 15 is 0 Å². The third-order valence-corrected chi connectivity index (χ3v) is 1.12. The maximum atomic E-state index is 8.49. The summed E-state index contributed by atoms with van der Waals surface area (Å²) in [5.74, 6) is 0. The molecule has 0 aromatic carbocycles. The molecule has 2 heteroatoms. The van der Waals surface area contributed by atoms with Crippen LogP contribution in [-0.2, 0) is 0 Å². The molecule has 9 heavy (non-hydrogen) atoms. The summed E-state index contributed by atoms with van der Waals surface area (Å²) in [5, 5.41) is 8.49. The van der Waals surface area contributed by atoms with Gasteiger partial charge in [-0.05, 0) is 6.08 Å². The van der Waals surface area contributed by atoms with Gasteiger partial charge in [0.05, 0.1) is 4.99 Å². The number of nitrogens with zero attached hydrogens (tertiary/aromatic N) is 1. The van der Waals surface area contributed by atoms with Gasteiger partial charge >= 0.3 is 0 Å². The normalized spacial score (nSPS) is 15.9. The second kappa shape index (κ2) is 3.20. The highest BCUT2D eigenvalue weighted by Gasteiger charge is 1.99. The van der Waals surface area contributed by atoms with Crippen LogP contribution in [0.3, 0.4) is 0 Å². The maximum absolute atomic E-state index is 8.49. The number of aliphatic hydroxyl groups excluding tert-OH is 1. The van der Waals surface area contributed by atoms with E-state index in [1.807, 2.05) is 12.2 Å². The molecule has 1 radical (unpaired) electrons. The van der Waals surface area contributed by atoms with Crippen LogP contribution in [0.1, 0.15) is 6.42 Å². The summed E-state index contributed by atoms with van der Waals surface area (Å²) in [6.07, 6.45) is 8.00. The Morgan fingerprint density at radius 2 is 2.44 bits per heavy atom. The summed E-state index contributed by atoms with van der Waals surface area (Å²) in [5.41, 5.74) is 1.08. The third-order valence-electron chi connectivity index (χ3n) is 1.12. The van der Waals surface area contributed by atoms with Gasteiger partial charge in [0.1, 0.15) is 0 Å². The van der Waals surface area contributed by atoms with Crippen LogP contribution in [0.25, 0.3) is 0 Å². The SMILES string of the molecule is OCCC1=CC=C[N+]=C1. The zero-order chi connectivity index (χ0) is 6.53. The van der Waals surface area contributed by atoms with Crippen molar-refractivity contribution in [3.63, 3.8) is 0 Å². The largest absolute Gasteiger partial charge is 0.396 e. The predicted molar refractivity (Wildman–Crippen MR) is 37.1 cm³/mol. The van der Waals surface area contributed by atoms with Gasteiger partial charge in [0.25, 0.3) is 0 Å². The topological polar surface area (TPSA) is 34.3 Å². The molecule has 0 unspecified atom stereocenters. The summed E-state index contributed by atoms with van der Waals surface area (Å²) >= 11 is 0. The van der Waals surface area contributed by atoms with Crippen LogP contribution in [-0.4, -0.2) is 17.9 Å². The maximum Gasteiger partial charge on any atom is 0.245 e. The van der Waals surface area contributed by atoms with Gasteiger partial charge in [0.2, 0.25) is 12.4 Å². The fourth-order valence-electron chi connectivity index (χ4n) is 0.675. The summed E-state index contributed by atoms with van der Waals surface area (Å²) in [6, 6.07) is 0. The highest BCUT2D eigenvalue weighted by Crippen LogP contribution is 1.98. The van der Waals surface area contributed by atoms with Gasteiger partial charge in [-0.15, -0.1) is 0 Å². The van der Waals surface area contributed by atoms with Gasteiger partial charge in [0, 0.05) is 24.7 Å². The first kappa shape index (κ1) is 6.23. The fourth-order valence-corrected chi connectivity index (χ4v) is 0.675. The van der Waals surface area contributed by atoms with Crippen LogP contribution in [0.15, 0.2) is 23.9 Å². The van der Waals surface area contributed by atoms with Crippen LogP contribution in [0.2, 0.25) is 0 Å². The molecule has 0 fully saturated rings. The summed E-state index contributed by atoms with van der Waals surface area (Å²) < 4.78 is 0. The van der Waals surface area contributed by atoms with Gasteiger partial charge < -0.3 is 5.11 Å². The zero-order valence-electron chi connectivity index (χ0n) is 5.12. The molecule has 0 atom stereocenters. The quantitative estimate of drug-likeness (QED) is 0.560. The average molecular weight is 123 g/mol. The number of aliphatic imine (C=N–C) groups is 1. The number of hydrogen-bond donors (Lipinski definition) is 1. The molecule has 1 heterocycles. The lowest BCUT2D eigenvalue weighted by Gasteiger charge is -1.90. The molecule has 1 aliphatic heterocycles. The molecule has 0 spiro atoms. The van der Waals surface area contributed by atoms with Gasteiger partial charge in [-0.1, -0.05) is 0 Å². The lowest BCUT2D eigenvalue weighted by Crippen LogP contribution is -1.96. The Morgan fingerprint density at radius 3 is 3.00 bits per heavy atom. The summed E-state index contributed by atoms with van der Waals surface area (Å²) in [7, 11) is 0. The second-order valence-electron chi connectivity index (χ2n) is 1.83. The van der Waals surface area contributed by atoms with Gasteiger partial charge in [0.15, 0.2) is 0 Å². The van der Waals surface area contributed by atoms with Crippen molar-refractivity contribution in [1.82, 2.24) is 4.99 Å². The third kappa shape index (κ3) is 1.82. The molecule has 1 N–H and O–H groups in total. The van der Waals surface area contributed by atoms with Crippen LogP contribution >= 0.6 is 0 Å². The van der Waals surface area contributed by atoms with Crippen LogP contribution in [0, 0.1) is 0 Å². The smallest absolute Gasteiger partial charge is 0.245 e. The van der Waals surface area contributed by atoms with E-state index in [1.54, 1.807) is 12.4 Å². The van der Waals surface area contributed by atoms with Crippen molar-refractivity contribution in [2.24, 2.45) is 0 Å². The lowest BCUT2D eigenvalue weighted by atomic mass is 10.2. The Balaban J connectivity index is 2.51. The van der Waals surface area contributed by atoms with Gasteiger partial charge in [-0.2, -0.15) is 0 Å². The number of hydrogen-bond acceptors (Lipinski definition) is 2. The summed E-state index contributed by atoms with van der Waals surface area (Å²) in [6.45, 7) is 0.200. The van der Waals surface area contributed by atoms with Gasteiger partial charge in [-0.25, -0.2) is 0 Å². The molecule has 0 bridgehead atoms. The highest BCUT2D eigenvalue weighted by molar-refractivity contribution is 5.79. The Kier molecular flexibility index (Phi) is 2.22. The minimum atomic E-state index is 0.200. The Morgan fingerprint density at radius 1 is 1.56 bits per heavy atom. The van der Waals surface area contributed by atoms with Crippen molar-refractivity contribution in [3.05, 3.63) is 23.9 Å². The van der Waals surface area contributed by atoms with E-state index in [-0.39, 0.29) is 6.61 Å². The number of rotatable bonds is 2. The van der Waals surface area contributed by atoms with E-state index in [2.05, 4.69) is 4.99 Å². The van der Waals surface area contributed by atoms with E-state index < -0.39 is 0 Å². The second-order valence-corrected chi connectivity index (χ2v) is 1.83. The average Bonchev–Trinajstić information content (AvgIpc) is 1.91. The zero-order valence-corrected chi connectivity index (χ0v) is 5.12. The molecule has 0 aliphatic carbocycles. The number of aliphatic hydroxyl groups is 1. The van der Waals surface area contributed by atoms with Gasteiger partial charge in [-0.3, -0.25) is 0 Å². The van der Waals surface area contributed by atoms with E-state index in [9.17, 15) is 0 Å². The lowest BCUT2D eigenvalue weighted by molar-refractivity contribution is 0.301. The Bertz CT molecular complexity index is 168. The van der Waals surface area contributed by atoms with E-state index in [1.165, 1.54) is 0 Å². The van der Waals surface area contributed by atoms with Crippen LogP contribution in [0.4, 0.5) is 0 Å². The summed E-state index contributed by atoms with van der Waals surface area (Å²) in [4.78, 5) is 3.89. The first-order chi connectivity index (χ1) is 4.43. The molecule has 0 aromatic heterocycles. The molecule has 0 saturated heterocycles. The highest BCUT2D eigenvalue weighted by atomic mass is 16.2. The minimum absolute atomic E-state index is 0.200. The molecule has 0 amide bonds. The Labute approximate surface area is 54.2 Å². The van der Waals surface area contributed by atoms with E-state index in [0.717, 1.165) is 5.57 Å². The minimum Gasteiger partial charge on any atom is -0.396 e. The number of allylic oxidation sites excluding steroid dienone is 2. The molecular weight excluding hydrogens is 114 g/mol. The standard InChI is InChI=1S/C7H9NO/c9-5-3-7-2-1-4-8-6-7/h1-2,4,6,9H,3,5H2/q+1. The van der Waals surface area contributed by atoms with Crippen molar-refractivity contribution in [1.29, 1.82) is 0 Å². The molecular formula is C7H9NO+. The Hall–Kier alpha value is -0.890. The first-order valence-electron chi connectivity index (χ1n) is 2.93. The van der Waals surface area contributed by atoms with Crippen molar-refractivity contribution < 1.29 is 5.11 Å². The molecule has 0 aromatic rings. The molecule has 0 saturated carbocycles. The van der Waals surface area contributed by atoms with E-state index in [0.29, 0.717) is 6.42 Å². The molecule has 2 nitrogen and oxygen atoms in total.